The van der Waals surface area contributed by atoms with E-state index in [2.05, 4.69) is 10.3 Å². The summed E-state index contributed by atoms with van der Waals surface area (Å²) in [7, 11) is 1.76. The molecule has 0 unspecified atom stereocenters. The van der Waals surface area contributed by atoms with Crippen LogP contribution in [0.15, 0.2) is 18.3 Å². The van der Waals surface area contributed by atoms with Crippen LogP contribution in [-0.4, -0.2) is 59.3 Å². The fourth-order valence-electron chi connectivity index (χ4n) is 3.42. The van der Waals surface area contributed by atoms with Crippen molar-refractivity contribution in [2.24, 2.45) is 0 Å². The van der Waals surface area contributed by atoms with E-state index in [1.54, 1.807) is 25.4 Å². The molecule has 1 spiro atoms. The number of nitrogens with zero attached hydrogens (tertiary/aromatic N) is 2. The number of aromatic nitrogens is 1. The molecular weight excluding hydrogens is 282 g/mol. The number of hydrogen-bond donors (Lipinski definition) is 2. The molecule has 2 aliphatic heterocycles. The lowest BCUT2D eigenvalue weighted by Crippen LogP contribution is -2.56. The van der Waals surface area contributed by atoms with Gasteiger partial charge in [-0.15, -0.1) is 0 Å². The maximum absolute atomic E-state index is 12.7. The fourth-order valence-corrected chi connectivity index (χ4v) is 3.42. The molecule has 1 amide bonds. The molecule has 2 saturated heterocycles. The number of anilines is 1. The molecule has 6 heteroatoms. The molecule has 1 atom stereocenters. The van der Waals surface area contributed by atoms with Crippen LogP contribution in [0.1, 0.15) is 36.0 Å². The van der Waals surface area contributed by atoms with Crippen LogP contribution < -0.4 is 5.32 Å². The summed E-state index contributed by atoms with van der Waals surface area (Å²) in [4.78, 5) is 18.7. The Labute approximate surface area is 130 Å². The zero-order chi connectivity index (χ0) is 15.6. The topological polar surface area (TPSA) is 74.7 Å². The Kier molecular flexibility index (Phi) is 4.31. The quantitative estimate of drug-likeness (QED) is 0.860. The van der Waals surface area contributed by atoms with E-state index < -0.39 is 11.7 Å². The van der Waals surface area contributed by atoms with Crippen LogP contribution in [-0.2, 0) is 4.74 Å². The fraction of sp³-hybridized carbons (Fsp3) is 0.625. The third-order valence-corrected chi connectivity index (χ3v) is 4.79. The number of rotatable bonds is 2. The minimum atomic E-state index is -0.449. The van der Waals surface area contributed by atoms with E-state index in [9.17, 15) is 9.90 Å². The summed E-state index contributed by atoms with van der Waals surface area (Å²) in [6.45, 7) is 1.92. The van der Waals surface area contributed by atoms with Crippen LogP contribution >= 0.6 is 0 Å². The molecule has 3 heterocycles. The lowest BCUT2D eigenvalue weighted by atomic mass is 9.82. The van der Waals surface area contributed by atoms with Gasteiger partial charge in [0, 0.05) is 32.9 Å². The minimum absolute atomic E-state index is 0.0161. The SMILES string of the molecule is CNc1ncccc1C(=O)N1CCC2(CC1)OCCC[C@H]2O. The maximum Gasteiger partial charge on any atom is 0.257 e. The van der Waals surface area contributed by atoms with Crippen molar-refractivity contribution in [3.63, 3.8) is 0 Å². The Morgan fingerprint density at radius 2 is 2.27 bits per heavy atom. The van der Waals surface area contributed by atoms with Crippen molar-refractivity contribution < 1.29 is 14.6 Å². The van der Waals surface area contributed by atoms with Crippen molar-refractivity contribution >= 4 is 11.7 Å². The Balaban J connectivity index is 1.69. The summed E-state index contributed by atoms with van der Waals surface area (Å²) in [5, 5.41) is 13.2. The summed E-state index contributed by atoms with van der Waals surface area (Å²) in [6.07, 6.45) is 4.34. The van der Waals surface area contributed by atoms with Gasteiger partial charge in [0.25, 0.3) is 5.91 Å². The molecule has 120 valence electrons. The van der Waals surface area contributed by atoms with Gasteiger partial charge in [0.15, 0.2) is 0 Å². The highest BCUT2D eigenvalue weighted by molar-refractivity contribution is 5.98. The highest BCUT2D eigenvalue weighted by Crippen LogP contribution is 2.35. The van der Waals surface area contributed by atoms with Crippen molar-refractivity contribution in [3.05, 3.63) is 23.9 Å². The Morgan fingerprint density at radius 3 is 2.95 bits per heavy atom. The molecule has 2 fully saturated rings. The highest BCUT2D eigenvalue weighted by Gasteiger charge is 2.44. The molecule has 0 bridgehead atoms. The second-order valence-corrected chi connectivity index (χ2v) is 6.01. The molecule has 22 heavy (non-hydrogen) atoms. The molecule has 2 N–H and O–H groups in total. The Hall–Kier alpha value is -1.66. The van der Waals surface area contributed by atoms with Gasteiger partial charge in [-0.05, 0) is 37.8 Å². The molecule has 0 radical (unpaired) electrons. The van der Waals surface area contributed by atoms with Crippen molar-refractivity contribution in [3.8, 4) is 0 Å². The first-order valence-corrected chi connectivity index (χ1v) is 7.90. The number of likely N-dealkylation sites (tertiary alicyclic amines) is 1. The number of piperidine rings is 1. The molecule has 1 aromatic heterocycles. The van der Waals surface area contributed by atoms with E-state index in [1.165, 1.54) is 0 Å². The molecule has 2 aliphatic rings. The monoisotopic (exact) mass is 305 g/mol. The lowest BCUT2D eigenvalue weighted by molar-refractivity contribution is -0.174. The zero-order valence-corrected chi connectivity index (χ0v) is 12.9. The van der Waals surface area contributed by atoms with Crippen molar-refractivity contribution in [2.45, 2.75) is 37.4 Å². The summed E-state index contributed by atoms with van der Waals surface area (Å²) < 4.78 is 5.88. The van der Waals surface area contributed by atoms with Gasteiger partial charge in [0.1, 0.15) is 5.82 Å². The summed E-state index contributed by atoms with van der Waals surface area (Å²) in [5.41, 5.74) is 0.140. The van der Waals surface area contributed by atoms with Crippen molar-refractivity contribution in [1.82, 2.24) is 9.88 Å². The largest absolute Gasteiger partial charge is 0.390 e. The van der Waals surface area contributed by atoms with Crippen LogP contribution in [0.3, 0.4) is 0 Å². The third kappa shape index (κ3) is 2.68. The van der Waals surface area contributed by atoms with Crippen molar-refractivity contribution in [2.75, 3.05) is 32.1 Å². The van der Waals surface area contributed by atoms with Crippen LogP contribution in [0.4, 0.5) is 5.82 Å². The van der Waals surface area contributed by atoms with E-state index in [0.717, 1.165) is 12.8 Å². The van der Waals surface area contributed by atoms with Crippen LogP contribution in [0.2, 0.25) is 0 Å². The van der Waals surface area contributed by atoms with Gasteiger partial charge in [-0.2, -0.15) is 0 Å². The molecule has 0 aliphatic carbocycles. The molecule has 6 nitrogen and oxygen atoms in total. The number of amides is 1. The van der Waals surface area contributed by atoms with Gasteiger partial charge in [0.2, 0.25) is 0 Å². The average Bonchev–Trinajstić information content (AvgIpc) is 2.58. The number of hydrogen-bond acceptors (Lipinski definition) is 5. The van der Waals surface area contributed by atoms with Gasteiger partial charge in [-0.25, -0.2) is 4.98 Å². The second kappa shape index (κ2) is 6.22. The van der Waals surface area contributed by atoms with Crippen LogP contribution in [0.5, 0.6) is 0 Å². The predicted octanol–water partition coefficient (Wildman–Crippen LogP) is 1.27. The van der Waals surface area contributed by atoms with E-state index in [0.29, 0.717) is 43.9 Å². The van der Waals surface area contributed by atoms with Gasteiger partial charge in [0.05, 0.1) is 17.3 Å². The first-order valence-electron chi connectivity index (χ1n) is 7.90. The van der Waals surface area contributed by atoms with E-state index in [-0.39, 0.29) is 5.91 Å². The van der Waals surface area contributed by atoms with Gasteiger partial charge in [-0.3, -0.25) is 4.79 Å². The first-order chi connectivity index (χ1) is 10.7. The maximum atomic E-state index is 12.7. The molecule has 3 rings (SSSR count). The number of ether oxygens (including phenoxy) is 1. The van der Waals surface area contributed by atoms with Gasteiger partial charge >= 0.3 is 0 Å². The smallest absolute Gasteiger partial charge is 0.257 e. The first kappa shape index (κ1) is 15.2. The molecular formula is C16H23N3O3. The Morgan fingerprint density at radius 1 is 1.50 bits per heavy atom. The van der Waals surface area contributed by atoms with Gasteiger partial charge < -0.3 is 20.1 Å². The number of carbonyl (C=O) groups is 1. The van der Waals surface area contributed by atoms with E-state index >= 15 is 0 Å². The normalized spacial score (nSPS) is 24.3. The summed E-state index contributed by atoms with van der Waals surface area (Å²) >= 11 is 0. The van der Waals surface area contributed by atoms with Crippen LogP contribution in [0.25, 0.3) is 0 Å². The number of pyridine rings is 1. The van der Waals surface area contributed by atoms with E-state index in [4.69, 9.17) is 4.74 Å². The van der Waals surface area contributed by atoms with Gasteiger partial charge in [-0.1, -0.05) is 0 Å². The van der Waals surface area contributed by atoms with Crippen LogP contribution in [0, 0.1) is 0 Å². The summed E-state index contributed by atoms with van der Waals surface area (Å²) in [5.74, 6) is 0.583. The number of aliphatic hydroxyl groups is 1. The second-order valence-electron chi connectivity index (χ2n) is 6.01. The summed E-state index contributed by atoms with van der Waals surface area (Å²) in [6, 6.07) is 3.56. The number of aliphatic hydroxyl groups excluding tert-OH is 1. The highest BCUT2D eigenvalue weighted by atomic mass is 16.5. The van der Waals surface area contributed by atoms with Crippen molar-refractivity contribution in [1.29, 1.82) is 0 Å². The third-order valence-electron chi connectivity index (χ3n) is 4.79. The standard InChI is InChI=1S/C16H23N3O3/c1-17-14-12(4-2-8-18-14)15(21)19-9-6-16(7-10-19)13(20)5-3-11-22-16/h2,4,8,13,20H,3,5-7,9-11H2,1H3,(H,17,18)/t13-/m1/s1. The van der Waals surface area contributed by atoms with E-state index in [1.807, 2.05) is 4.90 Å². The number of carbonyl (C=O) groups excluding carboxylic acids is 1. The molecule has 0 saturated carbocycles. The minimum Gasteiger partial charge on any atom is -0.390 e. The molecule has 1 aromatic rings. The Bertz CT molecular complexity index is 541. The predicted molar refractivity (Wildman–Crippen MR) is 82.8 cm³/mol. The lowest BCUT2D eigenvalue weighted by Gasteiger charge is -2.46. The molecule has 0 aromatic carbocycles. The number of nitrogens with one attached hydrogen (secondary N) is 1. The average molecular weight is 305 g/mol. The zero-order valence-electron chi connectivity index (χ0n) is 12.9.